The van der Waals surface area contributed by atoms with Gasteiger partial charge >= 0.3 is 0 Å². The molecule has 0 aliphatic heterocycles. The van der Waals surface area contributed by atoms with Crippen molar-refractivity contribution in [2.45, 2.75) is 11.4 Å². The normalized spacial score (nSPS) is 11.2. The smallest absolute Gasteiger partial charge is 0.241 e. The number of aromatic amines is 1. The number of nitriles is 1. The summed E-state index contributed by atoms with van der Waals surface area (Å²) in [7, 11) is -3.81. The lowest BCUT2D eigenvalue weighted by Gasteiger charge is -2.05. The summed E-state index contributed by atoms with van der Waals surface area (Å²) in [5.41, 5.74) is -0.319. The highest BCUT2D eigenvalue weighted by atomic mass is 32.2. The fourth-order valence-electron chi connectivity index (χ4n) is 1.40. The molecule has 6 nitrogen and oxygen atoms in total. The highest BCUT2D eigenvalue weighted by Crippen LogP contribution is 2.14. The number of aromatic nitrogens is 2. The first-order valence-electron chi connectivity index (χ1n) is 5.20. The van der Waals surface area contributed by atoms with Gasteiger partial charge in [0.1, 0.15) is 17.7 Å². The molecule has 2 rings (SSSR count). The van der Waals surface area contributed by atoms with E-state index in [4.69, 9.17) is 5.26 Å². The Morgan fingerprint density at radius 2 is 2.26 bits per heavy atom. The number of hydrogen-bond donors (Lipinski definition) is 2. The van der Waals surface area contributed by atoms with Crippen LogP contribution in [0.3, 0.4) is 0 Å². The molecule has 1 aromatic heterocycles. The summed E-state index contributed by atoms with van der Waals surface area (Å²) in [4.78, 5) is 6.44. The van der Waals surface area contributed by atoms with Crippen molar-refractivity contribution in [1.82, 2.24) is 14.7 Å². The first-order chi connectivity index (χ1) is 9.03. The van der Waals surface area contributed by atoms with Crippen LogP contribution >= 0.6 is 0 Å². The van der Waals surface area contributed by atoms with Gasteiger partial charge in [0.25, 0.3) is 0 Å². The van der Waals surface area contributed by atoms with E-state index in [1.165, 1.54) is 6.20 Å². The molecule has 0 aliphatic rings. The van der Waals surface area contributed by atoms with E-state index in [2.05, 4.69) is 14.7 Å². The predicted octanol–water partition coefficient (Wildman–Crippen LogP) is 0.899. The second-order valence-electron chi connectivity index (χ2n) is 3.61. The van der Waals surface area contributed by atoms with Crippen molar-refractivity contribution in [1.29, 1.82) is 5.26 Å². The van der Waals surface area contributed by atoms with Gasteiger partial charge in [0, 0.05) is 12.4 Å². The highest BCUT2D eigenvalue weighted by Gasteiger charge is 2.16. The second kappa shape index (κ2) is 5.17. The quantitative estimate of drug-likeness (QED) is 0.869. The Morgan fingerprint density at radius 3 is 2.89 bits per heavy atom. The molecule has 8 heteroatoms. The van der Waals surface area contributed by atoms with Crippen molar-refractivity contribution in [3.05, 3.63) is 47.8 Å². The fourth-order valence-corrected chi connectivity index (χ4v) is 2.41. The first-order valence-corrected chi connectivity index (χ1v) is 6.69. The number of nitrogens with one attached hydrogen (secondary N) is 2. The zero-order valence-electron chi connectivity index (χ0n) is 9.59. The van der Waals surface area contributed by atoms with Crippen LogP contribution in [-0.4, -0.2) is 18.4 Å². The van der Waals surface area contributed by atoms with Crippen molar-refractivity contribution >= 4 is 10.0 Å². The lowest BCUT2D eigenvalue weighted by Crippen LogP contribution is -2.24. The average molecular weight is 280 g/mol. The second-order valence-corrected chi connectivity index (χ2v) is 5.38. The maximum atomic E-state index is 13.1. The SMILES string of the molecule is N#Cc1cc(S(=O)(=O)NCc2ncc[nH]2)ccc1F. The largest absolute Gasteiger partial charge is 0.347 e. The molecule has 0 amide bonds. The number of rotatable bonds is 4. The number of sulfonamides is 1. The van der Waals surface area contributed by atoms with Gasteiger partial charge in [-0.2, -0.15) is 5.26 Å². The molecule has 0 spiro atoms. The van der Waals surface area contributed by atoms with E-state index in [1.54, 1.807) is 12.3 Å². The molecular weight excluding hydrogens is 271 g/mol. The van der Waals surface area contributed by atoms with Crippen LogP contribution in [0.4, 0.5) is 4.39 Å². The summed E-state index contributed by atoms with van der Waals surface area (Å²) in [6.07, 6.45) is 3.06. The molecule has 0 aliphatic carbocycles. The van der Waals surface area contributed by atoms with E-state index in [0.29, 0.717) is 5.82 Å². The molecule has 2 N–H and O–H groups in total. The van der Waals surface area contributed by atoms with Crippen LogP contribution in [0.15, 0.2) is 35.5 Å². The number of nitrogens with zero attached hydrogens (tertiary/aromatic N) is 2. The van der Waals surface area contributed by atoms with Crippen LogP contribution in [-0.2, 0) is 16.6 Å². The van der Waals surface area contributed by atoms with Crippen LogP contribution in [0.1, 0.15) is 11.4 Å². The summed E-state index contributed by atoms with van der Waals surface area (Å²) in [6, 6.07) is 4.62. The van der Waals surface area contributed by atoms with Crippen LogP contribution in [0.2, 0.25) is 0 Å². The van der Waals surface area contributed by atoms with Crippen molar-refractivity contribution in [2.24, 2.45) is 0 Å². The molecule has 19 heavy (non-hydrogen) atoms. The Kier molecular flexibility index (Phi) is 3.59. The van der Waals surface area contributed by atoms with Crippen molar-refractivity contribution in [3.63, 3.8) is 0 Å². The van der Waals surface area contributed by atoms with Crippen molar-refractivity contribution < 1.29 is 12.8 Å². The van der Waals surface area contributed by atoms with Gasteiger partial charge in [-0.1, -0.05) is 0 Å². The molecule has 0 saturated carbocycles. The summed E-state index contributed by atoms with van der Waals surface area (Å²) < 4.78 is 39.3. The maximum Gasteiger partial charge on any atom is 0.241 e. The Morgan fingerprint density at radius 1 is 1.47 bits per heavy atom. The molecule has 0 radical (unpaired) electrons. The molecule has 0 saturated heterocycles. The van der Waals surface area contributed by atoms with E-state index < -0.39 is 15.8 Å². The minimum atomic E-state index is -3.81. The number of hydrogen-bond acceptors (Lipinski definition) is 4. The summed E-state index contributed by atoms with van der Waals surface area (Å²) in [6.45, 7) is -0.0192. The van der Waals surface area contributed by atoms with Crippen LogP contribution in [0, 0.1) is 17.1 Å². The van der Waals surface area contributed by atoms with Gasteiger partial charge in [-0.25, -0.2) is 22.5 Å². The Labute approximate surface area is 109 Å². The van der Waals surface area contributed by atoms with E-state index in [-0.39, 0.29) is 17.0 Å². The molecule has 1 heterocycles. The number of halogens is 1. The Balaban J connectivity index is 2.22. The van der Waals surface area contributed by atoms with Gasteiger partial charge in [-0.15, -0.1) is 0 Å². The van der Waals surface area contributed by atoms with Gasteiger partial charge in [0.05, 0.1) is 17.0 Å². The van der Waals surface area contributed by atoms with E-state index in [1.807, 2.05) is 0 Å². The maximum absolute atomic E-state index is 13.1. The van der Waals surface area contributed by atoms with E-state index >= 15 is 0 Å². The average Bonchev–Trinajstić information content (AvgIpc) is 2.90. The Bertz CT molecular complexity index is 720. The fraction of sp³-hybridized carbons (Fsp3) is 0.0909. The van der Waals surface area contributed by atoms with Crippen LogP contribution in [0.5, 0.6) is 0 Å². The third-order valence-corrected chi connectivity index (χ3v) is 3.75. The van der Waals surface area contributed by atoms with Crippen LogP contribution in [0.25, 0.3) is 0 Å². The van der Waals surface area contributed by atoms with E-state index in [0.717, 1.165) is 18.2 Å². The predicted molar refractivity (Wildman–Crippen MR) is 63.7 cm³/mol. The van der Waals surface area contributed by atoms with Gasteiger partial charge in [0.2, 0.25) is 10.0 Å². The zero-order chi connectivity index (χ0) is 13.9. The number of H-pyrrole nitrogens is 1. The van der Waals surface area contributed by atoms with E-state index in [9.17, 15) is 12.8 Å². The topological polar surface area (TPSA) is 98.6 Å². The molecule has 0 atom stereocenters. The van der Waals surface area contributed by atoms with Gasteiger partial charge < -0.3 is 4.98 Å². The third kappa shape index (κ3) is 2.96. The summed E-state index contributed by atoms with van der Waals surface area (Å²) in [5.74, 6) is -0.307. The Hall–Kier alpha value is -2.24. The van der Waals surface area contributed by atoms with Gasteiger partial charge in [-0.05, 0) is 18.2 Å². The molecule has 1 aromatic carbocycles. The molecule has 0 fully saturated rings. The lowest BCUT2D eigenvalue weighted by atomic mass is 10.2. The minimum absolute atomic E-state index is 0.0192. The summed E-state index contributed by atoms with van der Waals surface area (Å²) in [5, 5.41) is 8.67. The minimum Gasteiger partial charge on any atom is -0.347 e. The van der Waals surface area contributed by atoms with Crippen molar-refractivity contribution in [3.8, 4) is 6.07 Å². The number of imidazole rings is 1. The highest BCUT2D eigenvalue weighted by molar-refractivity contribution is 7.89. The monoisotopic (exact) mass is 280 g/mol. The molecule has 0 bridgehead atoms. The third-order valence-electron chi connectivity index (χ3n) is 2.35. The molecule has 98 valence electrons. The standard InChI is InChI=1S/C11H9FN4O2S/c12-10-2-1-9(5-8(10)6-13)19(17,18)16-7-11-14-3-4-15-11/h1-5,16H,7H2,(H,14,15). The van der Waals surface area contributed by atoms with Crippen molar-refractivity contribution in [2.75, 3.05) is 0 Å². The summed E-state index contributed by atoms with van der Waals surface area (Å²) >= 11 is 0. The van der Waals surface area contributed by atoms with Gasteiger partial charge in [0.15, 0.2) is 0 Å². The lowest BCUT2D eigenvalue weighted by molar-refractivity contribution is 0.578. The zero-order valence-corrected chi connectivity index (χ0v) is 10.4. The van der Waals surface area contributed by atoms with Crippen LogP contribution < -0.4 is 4.72 Å². The molecular formula is C11H9FN4O2S. The molecule has 0 unspecified atom stereocenters. The number of benzene rings is 1. The van der Waals surface area contributed by atoms with Gasteiger partial charge in [-0.3, -0.25) is 0 Å². The molecule has 2 aromatic rings. The first kappa shape index (κ1) is 13.2.